The number of nitrogens with zero attached hydrogens (tertiary/aromatic N) is 3. The molecule has 0 saturated heterocycles. The lowest BCUT2D eigenvalue weighted by molar-refractivity contribution is 0.546. The summed E-state index contributed by atoms with van der Waals surface area (Å²) in [6.45, 7) is 0. The molecular weight excluding hydrogens is 679 g/mol. The average Bonchev–Trinajstić information content (AvgIpc) is 3.94. The smallest absolute Gasteiger partial charge is 0.164 e. The molecule has 4 aromatic heterocycles. The first-order valence-electron chi connectivity index (χ1n) is 18.6. The predicted molar refractivity (Wildman–Crippen MR) is 220 cm³/mol. The molecule has 4 heterocycles. The van der Waals surface area contributed by atoms with Crippen LogP contribution in [0.2, 0.25) is 0 Å². The summed E-state index contributed by atoms with van der Waals surface area (Å²) in [5.41, 5.74) is 10.1. The SMILES string of the molecule is C1=C(c2nc(-c3ccccc3)nc(-c3cccc4oc5ccccc5c34)n2)c2c(oc3c(-c4cccc5oc6cc7ccccc7cc6c45)cccc23)CC1. The molecule has 7 aromatic carbocycles. The minimum atomic E-state index is 0.591. The third-order valence-electron chi connectivity index (χ3n) is 11.0. The van der Waals surface area contributed by atoms with Crippen LogP contribution in [0.1, 0.15) is 23.6 Å². The summed E-state index contributed by atoms with van der Waals surface area (Å²) in [6, 6.07) is 49.8. The summed E-state index contributed by atoms with van der Waals surface area (Å²) >= 11 is 0. The topological polar surface area (TPSA) is 78.1 Å². The van der Waals surface area contributed by atoms with Gasteiger partial charge in [0, 0.05) is 61.2 Å². The number of para-hydroxylation sites is 2. The van der Waals surface area contributed by atoms with Crippen molar-refractivity contribution in [2.45, 2.75) is 12.8 Å². The molecule has 11 aromatic rings. The van der Waals surface area contributed by atoms with Gasteiger partial charge in [0.25, 0.3) is 0 Å². The maximum Gasteiger partial charge on any atom is 0.164 e. The van der Waals surface area contributed by atoms with Crippen LogP contribution in [0.15, 0.2) is 165 Å². The normalized spacial score (nSPS) is 13.1. The van der Waals surface area contributed by atoms with Crippen LogP contribution in [0.5, 0.6) is 0 Å². The lowest BCUT2D eigenvalue weighted by atomic mass is 9.91. The van der Waals surface area contributed by atoms with E-state index in [0.29, 0.717) is 17.5 Å². The van der Waals surface area contributed by atoms with Gasteiger partial charge in [0.1, 0.15) is 33.7 Å². The van der Waals surface area contributed by atoms with Crippen LogP contribution >= 0.6 is 0 Å². The summed E-state index contributed by atoms with van der Waals surface area (Å²) < 4.78 is 19.6. The van der Waals surface area contributed by atoms with E-state index in [1.807, 2.05) is 66.7 Å². The van der Waals surface area contributed by atoms with Crippen molar-refractivity contribution in [3.05, 3.63) is 169 Å². The van der Waals surface area contributed by atoms with Crippen LogP contribution in [0, 0.1) is 0 Å². The van der Waals surface area contributed by atoms with Crippen LogP contribution < -0.4 is 0 Å². The minimum Gasteiger partial charge on any atom is -0.460 e. The molecule has 0 fully saturated rings. The van der Waals surface area contributed by atoms with Gasteiger partial charge in [-0.15, -0.1) is 0 Å². The summed E-state index contributed by atoms with van der Waals surface area (Å²) in [4.78, 5) is 15.5. The van der Waals surface area contributed by atoms with Gasteiger partial charge in [0.15, 0.2) is 17.5 Å². The van der Waals surface area contributed by atoms with Gasteiger partial charge in [0.2, 0.25) is 0 Å². The number of allylic oxidation sites excluding steroid dienone is 1. The quantitative estimate of drug-likeness (QED) is 0.181. The molecule has 1 aliphatic rings. The molecule has 0 saturated carbocycles. The zero-order valence-electron chi connectivity index (χ0n) is 29.4. The van der Waals surface area contributed by atoms with Crippen molar-refractivity contribution in [1.29, 1.82) is 0 Å². The number of benzene rings is 7. The molecule has 258 valence electrons. The highest BCUT2D eigenvalue weighted by molar-refractivity contribution is 6.18. The molecule has 0 spiro atoms. The first kappa shape index (κ1) is 30.2. The van der Waals surface area contributed by atoms with E-state index in [4.69, 9.17) is 28.2 Å². The van der Waals surface area contributed by atoms with E-state index >= 15 is 0 Å². The molecule has 12 rings (SSSR count). The lowest BCUT2D eigenvalue weighted by Gasteiger charge is -2.15. The maximum atomic E-state index is 6.91. The van der Waals surface area contributed by atoms with Gasteiger partial charge in [-0.25, -0.2) is 15.0 Å². The Morgan fingerprint density at radius 3 is 1.95 bits per heavy atom. The Balaban J connectivity index is 1.07. The Hall–Kier alpha value is -7.31. The summed E-state index contributed by atoms with van der Waals surface area (Å²) in [7, 11) is 0. The Bertz CT molecular complexity index is 3390. The fourth-order valence-corrected chi connectivity index (χ4v) is 8.53. The van der Waals surface area contributed by atoms with Crippen molar-refractivity contribution >= 4 is 71.2 Å². The molecule has 6 nitrogen and oxygen atoms in total. The van der Waals surface area contributed by atoms with E-state index < -0.39 is 0 Å². The number of fused-ring (bicyclic) bond motifs is 10. The molecular formula is C49H29N3O3. The van der Waals surface area contributed by atoms with Crippen LogP contribution in [0.25, 0.3) is 105 Å². The number of rotatable bonds is 4. The molecule has 0 N–H and O–H groups in total. The molecule has 0 radical (unpaired) electrons. The van der Waals surface area contributed by atoms with E-state index in [0.717, 1.165) is 112 Å². The third kappa shape index (κ3) is 4.58. The Kier molecular flexibility index (Phi) is 6.36. The zero-order valence-corrected chi connectivity index (χ0v) is 29.4. The molecule has 1 aliphatic carbocycles. The molecule has 0 bridgehead atoms. The van der Waals surface area contributed by atoms with Gasteiger partial charge in [-0.3, -0.25) is 0 Å². The highest BCUT2D eigenvalue weighted by atomic mass is 16.3. The first-order chi connectivity index (χ1) is 27.2. The molecule has 0 unspecified atom stereocenters. The molecule has 55 heavy (non-hydrogen) atoms. The van der Waals surface area contributed by atoms with E-state index in [-0.39, 0.29) is 0 Å². The molecule has 0 amide bonds. The molecule has 0 atom stereocenters. The summed E-state index contributed by atoms with van der Waals surface area (Å²) in [6.07, 6.45) is 3.83. The number of aryl methyl sites for hydroxylation is 1. The highest BCUT2D eigenvalue weighted by Gasteiger charge is 2.27. The fraction of sp³-hybridized carbons (Fsp3) is 0.0408. The summed E-state index contributed by atoms with van der Waals surface area (Å²) in [5.74, 6) is 2.74. The van der Waals surface area contributed by atoms with E-state index in [2.05, 4.69) is 84.9 Å². The van der Waals surface area contributed by atoms with Gasteiger partial charge in [-0.1, -0.05) is 121 Å². The fourth-order valence-electron chi connectivity index (χ4n) is 8.53. The van der Waals surface area contributed by atoms with Crippen molar-refractivity contribution in [2.75, 3.05) is 0 Å². The monoisotopic (exact) mass is 707 g/mol. The number of furan rings is 3. The Morgan fingerprint density at radius 1 is 0.436 bits per heavy atom. The predicted octanol–water partition coefficient (Wildman–Crippen LogP) is 12.9. The van der Waals surface area contributed by atoms with Crippen molar-refractivity contribution < 1.29 is 13.3 Å². The Morgan fingerprint density at radius 2 is 1.07 bits per heavy atom. The standard InChI is InChI=1S/C49H29N3O3/c1-2-12-28(13-3-1)47-50-48(35-20-10-24-40-44(35)33-16-6-7-22-38(33)53-40)52-49(51-47)36-21-11-25-41-45(36)34-19-8-18-32(46(34)55-41)31-17-9-23-39-43(31)37-26-29-14-4-5-15-30(29)27-42(37)54-39/h1-10,12-24,26-27H,11,25H2. The average molecular weight is 708 g/mol. The lowest BCUT2D eigenvalue weighted by Crippen LogP contribution is -2.06. The largest absolute Gasteiger partial charge is 0.460 e. The first-order valence-corrected chi connectivity index (χ1v) is 18.6. The van der Waals surface area contributed by atoms with Crippen molar-refractivity contribution in [1.82, 2.24) is 15.0 Å². The molecule has 6 heteroatoms. The van der Waals surface area contributed by atoms with E-state index in [9.17, 15) is 0 Å². The van der Waals surface area contributed by atoms with Gasteiger partial charge in [-0.2, -0.15) is 0 Å². The van der Waals surface area contributed by atoms with Crippen LogP contribution in [0.3, 0.4) is 0 Å². The third-order valence-corrected chi connectivity index (χ3v) is 11.0. The van der Waals surface area contributed by atoms with Gasteiger partial charge in [-0.05, 0) is 53.1 Å². The van der Waals surface area contributed by atoms with Gasteiger partial charge >= 0.3 is 0 Å². The van der Waals surface area contributed by atoms with Gasteiger partial charge in [0.05, 0.1) is 0 Å². The van der Waals surface area contributed by atoms with E-state index in [1.54, 1.807) is 0 Å². The van der Waals surface area contributed by atoms with Gasteiger partial charge < -0.3 is 13.3 Å². The second-order valence-electron chi connectivity index (χ2n) is 14.2. The zero-order chi connectivity index (χ0) is 36.0. The van der Waals surface area contributed by atoms with Crippen LogP contribution in [0.4, 0.5) is 0 Å². The maximum absolute atomic E-state index is 6.91. The Labute approximate surface area is 314 Å². The highest BCUT2D eigenvalue weighted by Crippen LogP contribution is 2.45. The number of aromatic nitrogens is 3. The number of hydrogen-bond acceptors (Lipinski definition) is 6. The number of hydrogen-bond donors (Lipinski definition) is 0. The van der Waals surface area contributed by atoms with E-state index in [1.165, 1.54) is 5.39 Å². The second kappa shape index (κ2) is 11.6. The van der Waals surface area contributed by atoms with Crippen LogP contribution in [-0.2, 0) is 6.42 Å². The minimum absolute atomic E-state index is 0.591. The van der Waals surface area contributed by atoms with Crippen molar-refractivity contribution in [3.8, 4) is 33.9 Å². The molecule has 0 aliphatic heterocycles. The summed E-state index contributed by atoms with van der Waals surface area (Å²) in [5, 5.41) is 7.54. The second-order valence-corrected chi connectivity index (χ2v) is 14.2. The van der Waals surface area contributed by atoms with Crippen molar-refractivity contribution in [2.24, 2.45) is 0 Å². The van der Waals surface area contributed by atoms with Crippen LogP contribution in [-0.4, -0.2) is 15.0 Å². The van der Waals surface area contributed by atoms with Crippen molar-refractivity contribution in [3.63, 3.8) is 0 Å².